The van der Waals surface area contributed by atoms with Gasteiger partial charge in [0, 0.05) is 35.6 Å². The number of amides is 1. The minimum atomic E-state index is -0.295. The Morgan fingerprint density at radius 3 is 2.89 bits per heavy atom. The van der Waals surface area contributed by atoms with Crippen LogP contribution in [0.5, 0.6) is 0 Å². The number of thiophene rings is 1. The first kappa shape index (κ1) is 16.2. The van der Waals surface area contributed by atoms with Gasteiger partial charge in [0.05, 0.1) is 17.6 Å². The maximum atomic E-state index is 14.8. The zero-order valence-corrected chi connectivity index (χ0v) is 15.5. The van der Waals surface area contributed by atoms with Crippen molar-refractivity contribution in [3.8, 4) is 11.1 Å². The third kappa shape index (κ3) is 2.64. The summed E-state index contributed by atoms with van der Waals surface area (Å²) in [4.78, 5) is 15.2. The summed E-state index contributed by atoms with van der Waals surface area (Å²) in [6.07, 6.45) is 1.94. The van der Waals surface area contributed by atoms with E-state index in [0.717, 1.165) is 32.5 Å². The van der Waals surface area contributed by atoms with Gasteiger partial charge in [0.15, 0.2) is 0 Å². The molecule has 6 heteroatoms. The Balaban J connectivity index is 1.46. The van der Waals surface area contributed by atoms with Crippen molar-refractivity contribution in [3.63, 3.8) is 0 Å². The normalized spacial score (nSPS) is 13.6. The van der Waals surface area contributed by atoms with Gasteiger partial charge in [-0.3, -0.25) is 9.48 Å². The second-order valence-corrected chi connectivity index (χ2v) is 7.77. The van der Waals surface area contributed by atoms with Gasteiger partial charge in [-0.05, 0) is 34.7 Å². The SMILES string of the molecule is Cn1cc2c(-c3ccc(CN4Cc5sccc5C4=O)c(F)c3)cccc2n1. The molecular formula is C21H16FN3OS. The molecule has 0 spiro atoms. The summed E-state index contributed by atoms with van der Waals surface area (Å²) in [5.41, 5.74) is 3.92. The summed E-state index contributed by atoms with van der Waals surface area (Å²) in [6.45, 7) is 0.839. The smallest absolute Gasteiger partial charge is 0.255 e. The van der Waals surface area contributed by atoms with E-state index in [0.29, 0.717) is 12.1 Å². The first-order valence-corrected chi connectivity index (χ1v) is 9.55. The number of hydrogen-bond donors (Lipinski definition) is 0. The Morgan fingerprint density at radius 2 is 2.07 bits per heavy atom. The van der Waals surface area contributed by atoms with Gasteiger partial charge in [-0.15, -0.1) is 11.3 Å². The van der Waals surface area contributed by atoms with E-state index in [4.69, 9.17) is 0 Å². The van der Waals surface area contributed by atoms with Gasteiger partial charge in [-0.1, -0.05) is 24.3 Å². The highest BCUT2D eigenvalue weighted by atomic mass is 32.1. The number of benzene rings is 2. The zero-order valence-electron chi connectivity index (χ0n) is 14.6. The monoisotopic (exact) mass is 377 g/mol. The predicted octanol–water partition coefficient (Wildman–Crippen LogP) is 4.60. The molecule has 0 saturated heterocycles. The van der Waals surface area contributed by atoms with Crippen molar-refractivity contribution in [2.75, 3.05) is 0 Å². The van der Waals surface area contributed by atoms with Gasteiger partial charge in [-0.25, -0.2) is 4.39 Å². The Morgan fingerprint density at radius 1 is 1.19 bits per heavy atom. The lowest BCUT2D eigenvalue weighted by molar-refractivity contribution is 0.0765. The molecule has 2 aromatic carbocycles. The summed E-state index contributed by atoms with van der Waals surface area (Å²) >= 11 is 1.57. The summed E-state index contributed by atoms with van der Waals surface area (Å²) < 4.78 is 16.6. The number of halogens is 1. The molecule has 2 aromatic heterocycles. The van der Waals surface area contributed by atoms with Crippen molar-refractivity contribution in [3.05, 3.63) is 75.9 Å². The first-order chi connectivity index (χ1) is 13.1. The van der Waals surface area contributed by atoms with E-state index in [1.165, 1.54) is 0 Å². The molecule has 0 N–H and O–H groups in total. The molecule has 0 bridgehead atoms. The largest absolute Gasteiger partial charge is 0.329 e. The molecule has 4 aromatic rings. The molecule has 0 saturated carbocycles. The minimum Gasteiger partial charge on any atom is -0.329 e. The van der Waals surface area contributed by atoms with E-state index >= 15 is 0 Å². The van der Waals surface area contributed by atoms with Gasteiger partial charge in [0.25, 0.3) is 5.91 Å². The van der Waals surface area contributed by atoms with E-state index in [9.17, 15) is 9.18 Å². The van der Waals surface area contributed by atoms with Crippen LogP contribution >= 0.6 is 11.3 Å². The average Bonchev–Trinajstić information content (AvgIpc) is 3.33. The van der Waals surface area contributed by atoms with Crippen LogP contribution in [-0.4, -0.2) is 20.6 Å². The van der Waals surface area contributed by atoms with Crippen molar-refractivity contribution in [1.82, 2.24) is 14.7 Å². The number of carbonyl (C=O) groups is 1. The standard InChI is InChI=1S/C21H16FN3OS/c1-24-11-17-15(3-2-4-19(17)23-24)13-5-6-14(18(22)9-13)10-25-12-20-16(21(25)26)7-8-27-20/h2-9,11H,10,12H2,1H3. The summed E-state index contributed by atoms with van der Waals surface area (Å²) in [5.74, 6) is -0.314. The number of rotatable bonds is 3. The predicted molar refractivity (Wildman–Crippen MR) is 104 cm³/mol. The average molecular weight is 377 g/mol. The molecule has 3 heterocycles. The number of nitrogens with zero attached hydrogens (tertiary/aromatic N) is 3. The summed E-state index contributed by atoms with van der Waals surface area (Å²) in [6, 6.07) is 12.9. The molecule has 1 aliphatic rings. The molecule has 0 unspecified atom stereocenters. The van der Waals surface area contributed by atoms with Crippen LogP contribution in [-0.2, 0) is 20.1 Å². The third-order valence-electron chi connectivity index (χ3n) is 4.99. The van der Waals surface area contributed by atoms with Crippen LogP contribution in [0.3, 0.4) is 0 Å². The molecule has 0 atom stereocenters. The second kappa shape index (κ2) is 6.03. The molecule has 0 radical (unpaired) electrons. The third-order valence-corrected chi connectivity index (χ3v) is 5.89. The Hall–Kier alpha value is -2.99. The fourth-order valence-electron chi connectivity index (χ4n) is 3.66. The van der Waals surface area contributed by atoms with Crippen molar-refractivity contribution in [2.45, 2.75) is 13.1 Å². The number of aryl methyl sites for hydroxylation is 1. The molecule has 1 aliphatic heterocycles. The summed E-state index contributed by atoms with van der Waals surface area (Å²) in [7, 11) is 1.87. The first-order valence-electron chi connectivity index (χ1n) is 8.67. The summed E-state index contributed by atoms with van der Waals surface area (Å²) in [5, 5.41) is 7.33. The highest BCUT2D eigenvalue weighted by Gasteiger charge is 2.28. The Labute approximate surface area is 159 Å². The van der Waals surface area contributed by atoms with Gasteiger partial charge in [0.2, 0.25) is 0 Å². The highest BCUT2D eigenvalue weighted by molar-refractivity contribution is 7.10. The van der Waals surface area contributed by atoms with Crippen molar-refractivity contribution in [1.29, 1.82) is 0 Å². The van der Waals surface area contributed by atoms with E-state index in [-0.39, 0.29) is 18.3 Å². The molecule has 1 amide bonds. The molecule has 134 valence electrons. The van der Waals surface area contributed by atoms with Gasteiger partial charge < -0.3 is 4.90 Å². The number of hydrogen-bond acceptors (Lipinski definition) is 3. The lowest BCUT2D eigenvalue weighted by Gasteiger charge is -2.17. The fraction of sp³-hybridized carbons (Fsp3) is 0.143. The topological polar surface area (TPSA) is 38.1 Å². The van der Waals surface area contributed by atoms with Gasteiger partial charge in [-0.2, -0.15) is 5.10 Å². The number of aromatic nitrogens is 2. The minimum absolute atomic E-state index is 0.0187. The van der Waals surface area contributed by atoms with Crippen LogP contribution in [0.1, 0.15) is 20.8 Å². The van der Waals surface area contributed by atoms with Crippen molar-refractivity contribution in [2.24, 2.45) is 7.05 Å². The molecule has 0 fully saturated rings. The maximum absolute atomic E-state index is 14.8. The number of carbonyl (C=O) groups excluding carboxylic acids is 1. The molecule has 27 heavy (non-hydrogen) atoms. The Bertz CT molecular complexity index is 1190. The van der Waals surface area contributed by atoms with Crippen molar-refractivity contribution >= 4 is 28.1 Å². The van der Waals surface area contributed by atoms with Crippen LogP contribution in [0.2, 0.25) is 0 Å². The maximum Gasteiger partial charge on any atom is 0.255 e. The van der Waals surface area contributed by atoms with E-state index in [1.54, 1.807) is 33.1 Å². The molecule has 0 aliphatic carbocycles. The van der Waals surface area contributed by atoms with Crippen LogP contribution in [0.4, 0.5) is 4.39 Å². The van der Waals surface area contributed by atoms with E-state index in [1.807, 2.05) is 49.0 Å². The molecular weight excluding hydrogens is 361 g/mol. The van der Waals surface area contributed by atoms with Crippen LogP contribution in [0.25, 0.3) is 22.0 Å². The van der Waals surface area contributed by atoms with Gasteiger partial charge in [0.1, 0.15) is 5.82 Å². The van der Waals surface area contributed by atoms with Crippen LogP contribution < -0.4 is 0 Å². The van der Waals surface area contributed by atoms with Crippen LogP contribution in [0, 0.1) is 5.82 Å². The zero-order chi connectivity index (χ0) is 18.5. The van der Waals surface area contributed by atoms with Crippen LogP contribution in [0.15, 0.2) is 54.0 Å². The van der Waals surface area contributed by atoms with Crippen molar-refractivity contribution < 1.29 is 9.18 Å². The van der Waals surface area contributed by atoms with E-state index < -0.39 is 0 Å². The van der Waals surface area contributed by atoms with E-state index in [2.05, 4.69) is 5.10 Å². The lowest BCUT2D eigenvalue weighted by Crippen LogP contribution is -2.23. The Kier molecular flexibility index (Phi) is 3.62. The van der Waals surface area contributed by atoms with Gasteiger partial charge >= 0.3 is 0 Å². The number of fused-ring (bicyclic) bond motifs is 2. The fourth-order valence-corrected chi connectivity index (χ4v) is 4.54. The quantitative estimate of drug-likeness (QED) is 0.523. The molecule has 4 nitrogen and oxygen atoms in total. The second-order valence-electron chi connectivity index (χ2n) is 6.77. The molecule has 5 rings (SSSR count). The highest BCUT2D eigenvalue weighted by Crippen LogP contribution is 2.31. The lowest BCUT2D eigenvalue weighted by atomic mass is 10.00.